The number of rotatable bonds is 4. The molecule has 3 heteroatoms. The van der Waals surface area contributed by atoms with Crippen molar-refractivity contribution in [2.24, 2.45) is 0 Å². The van der Waals surface area contributed by atoms with Crippen LogP contribution in [0.25, 0.3) is 61.0 Å². The maximum Gasteiger partial charge on any atom is 0.160 e. The molecule has 0 radical (unpaired) electrons. The molecule has 0 atom stereocenters. The van der Waals surface area contributed by atoms with Gasteiger partial charge in [0.2, 0.25) is 0 Å². The van der Waals surface area contributed by atoms with E-state index in [1.807, 2.05) is 6.07 Å². The highest BCUT2D eigenvalue weighted by atomic mass is 15.0. The number of hydrogen-bond acceptors (Lipinski definition) is 2. The van der Waals surface area contributed by atoms with E-state index in [1.54, 1.807) is 0 Å². The lowest BCUT2D eigenvalue weighted by Gasteiger charge is -2.41. The van der Waals surface area contributed by atoms with E-state index in [0.29, 0.717) is 5.82 Å². The summed E-state index contributed by atoms with van der Waals surface area (Å²) >= 11 is 0. The number of nitrogens with zero attached hydrogens (tertiary/aromatic N) is 3. The Balaban J connectivity index is 1.28. The van der Waals surface area contributed by atoms with Gasteiger partial charge in [0.05, 0.1) is 33.5 Å². The van der Waals surface area contributed by atoms with E-state index in [4.69, 9.17) is 16.5 Å². The summed E-state index contributed by atoms with van der Waals surface area (Å²) in [6.45, 7) is 6.94. The van der Waals surface area contributed by atoms with Crippen LogP contribution in [0.2, 0.25) is 0 Å². The molecule has 3 aliphatic rings. The first-order chi connectivity index (χ1) is 25.7. The second kappa shape index (κ2) is 11.8. The highest BCUT2D eigenvalue weighted by Gasteiger charge is 2.51. The van der Waals surface area contributed by atoms with E-state index >= 15 is 0 Å². The zero-order valence-electron chi connectivity index (χ0n) is 28.9. The van der Waals surface area contributed by atoms with Gasteiger partial charge in [-0.1, -0.05) is 158 Å². The second-order valence-corrected chi connectivity index (χ2v) is 13.7. The van der Waals surface area contributed by atoms with Crippen LogP contribution in [0.1, 0.15) is 41.6 Å². The van der Waals surface area contributed by atoms with Gasteiger partial charge in [0, 0.05) is 21.9 Å². The van der Waals surface area contributed by atoms with E-state index in [0.717, 1.165) is 40.2 Å². The summed E-state index contributed by atoms with van der Waals surface area (Å²) in [7, 11) is 0. The topological polar surface area (TPSA) is 30.7 Å². The van der Waals surface area contributed by atoms with Gasteiger partial charge in [-0.2, -0.15) is 0 Å². The number of aromatic nitrogens is 3. The van der Waals surface area contributed by atoms with Crippen LogP contribution in [0.15, 0.2) is 182 Å². The minimum atomic E-state index is -0.522. The minimum absolute atomic E-state index is 0.522. The third-order valence-corrected chi connectivity index (χ3v) is 10.9. The lowest BCUT2D eigenvalue weighted by molar-refractivity contribution is 0.750. The molecular weight excluding hydrogens is 631 g/mol. The molecule has 0 saturated carbocycles. The van der Waals surface area contributed by atoms with Gasteiger partial charge in [-0.25, -0.2) is 9.97 Å². The lowest BCUT2D eigenvalue weighted by Crippen LogP contribution is -2.35. The van der Waals surface area contributed by atoms with Crippen LogP contribution in [-0.4, -0.2) is 14.5 Å². The Bertz CT molecular complexity index is 2740. The van der Waals surface area contributed by atoms with Crippen LogP contribution >= 0.6 is 0 Å². The number of hydrogen-bond donors (Lipinski definition) is 0. The van der Waals surface area contributed by atoms with Gasteiger partial charge < -0.3 is 4.57 Å². The van der Waals surface area contributed by atoms with Crippen molar-refractivity contribution in [2.75, 3.05) is 0 Å². The van der Waals surface area contributed by atoms with E-state index in [9.17, 15) is 0 Å². The Morgan fingerprint density at radius 2 is 1.42 bits per heavy atom. The normalized spacial score (nSPS) is 16.8. The Morgan fingerprint density at radius 3 is 2.21 bits per heavy atom. The highest BCUT2D eigenvalue weighted by molar-refractivity contribution is 6.15. The third-order valence-electron chi connectivity index (χ3n) is 10.9. The molecule has 10 rings (SSSR count). The lowest BCUT2D eigenvalue weighted by atomic mass is 9.64. The molecule has 52 heavy (non-hydrogen) atoms. The fourth-order valence-corrected chi connectivity index (χ4v) is 8.82. The van der Waals surface area contributed by atoms with Gasteiger partial charge in [0.15, 0.2) is 5.82 Å². The van der Waals surface area contributed by atoms with Crippen molar-refractivity contribution in [3.63, 3.8) is 0 Å². The Morgan fingerprint density at radius 1 is 0.731 bits per heavy atom. The summed E-state index contributed by atoms with van der Waals surface area (Å²) < 4.78 is 2.47. The zero-order valence-corrected chi connectivity index (χ0v) is 28.9. The molecule has 2 aliphatic carbocycles. The molecule has 0 amide bonds. The van der Waals surface area contributed by atoms with Crippen LogP contribution in [-0.2, 0) is 5.41 Å². The summed E-state index contributed by atoms with van der Waals surface area (Å²) in [5.74, 6) is 0.683. The number of fused-ring (bicyclic) bond motifs is 9. The van der Waals surface area contributed by atoms with E-state index in [2.05, 4.69) is 175 Å². The van der Waals surface area contributed by atoms with Crippen LogP contribution < -0.4 is 0 Å². The fourth-order valence-electron chi connectivity index (χ4n) is 8.82. The minimum Gasteiger partial charge on any atom is -0.309 e. The maximum absolute atomic E-state index is 5.21. The van der Waals surface area contributed by atoms with Crippen molar-refractivity contribution in [2.45, 2.75) is 18.8 Å². The Kier molecular flexibility index (Phi) is 6.84. The van der Waals surface area contributed by atoms with Crippen molar-refractivity contribution in [1.29, 1.82) is 0 Å². The summed E-state index contributed by atoms with van der Waals surface area (Å²) in [6, 6.07) is 46.0. The van der Waals surface area contributed by atoms with Crippen molar-refractivity contribution >= 4 is 38.6 Å². The molecule has 7 aromatic rings. The first-order valence-electron chi connectivity index (χ1n) is 18.0. The van der Waals surface area contributed by atoms with Gasteiger partial charge in [-0.05, 0) is 70.5 Å². The maximum atomic E-state index is 5.21. The molecule has 3 heterocycles. The van der Waals surface area contributed by atoms with Gasteiger partial charge in [-0.15, -0.1) is 0 Å². The van der Waals surface area contributed by atoms with Crippen LogP contribution in [0.5, 0.6) is 0 Å². The number of benzene rings is 5. The largest absolute Gasteiger partial charge is 0.309 e. The molecule has 0 saturated heterocycles. The standard InChI is InChI=1S/C49H35N3/c1-3-39-46(30-32(2)43-31-44(33-18-9-6-10-19-33)51-48(50-43)34-20-7-4-5-8-21-34)52-45-29-16-13-24-37(45)38-25-17-28-42(47(38)52)49(39)40-26-14-11-22-35(40)36-23-12-15-27-41(36)49/h3-4,6-31H,2,5H2,1H3/b39-3+,46-30?. The van der Waals surface area contributed by atoms with Gasteiger partial charge >= 0.3 is 0 Å². The smallest absolute Gasteiger partial charge is 0.160 e. The molecule has 0 N–H and O–H groups in total. The molecule has 3 nitrogen and oxygen atoms in total. The van der Waals surface area contributed by atoms with Crippen molar-refractivity contribution < 1.29 is 0 Å². The highest BCUT2D eigenvalue weighted by Crippen LogP contribution is 2.62. The van der Waals surface area contributed by atoms with Gasteiger partial charge in [-0.3, -0.25) is 0 Å². The monoisotopic (exact) mass is 665 g/mol. The molecular formula is C49H35N3. The van der Waals surface area contributed by atoms with Crippen LogP contribution in [0.4, 0.5) is 0 Å². The predicted octanol–water partition coefficient (Wildman–Crippen LogP) is 12.0. The SMILES string of the molecule is C=C(C=C1/C(=C\C)C2(c3ccccc3-c3ccccc32)c2cccc3c4ccccc4n1c23)c1cc(-c2ccccc2)nc(C2=CC=CCC=C2)n1. The molecule has 246 valence electrons. The molecule has 1 aliphatic heterocycles. The Hall–Kier alpha value is -6.58. The first kappa shape index (κ1) is 30.3. The van der Waals surface area contributed by atoms with Crippen molar-refractivity contribution in [3.05, 3.63) is 210 Å². The average Bonchev–Trinajstić information content (AvgIpc) is 3.52. The number of para-hydroxylation sites is 2. The van der Waals surface area contributed by atoms with E-state index in [-0.39, 0.29) is 0 Å². The number of allylic oxidation sites excluding steroid dienone is 11. The van der Waals surface area contributed by atoms with Gasteiger partial charge in [0.1, 0.15) is 0 Å². The molecule has 1 spiro atoms. The van der Waals surface area contributed by atoms with Crippen molar-refractivity contribution in [3.8, 4) is 22.4 Å². The molecule has 0 unspecified atom stereocenters. The third kappa shape index (κ3) is 4.26. The summed E-state index contributed by atoms with van der Waals surface area (Å²) in [6.07, 6.45) is 16.1. The van der Waals surface area contributed by atoms with Crippen LogP contribution in [0, 0.1) is 0 Å². The zero-order chi connectivity index (χ0) is 34.8. The average molecular weight is 666 g/mol. The summed E-state index contributed by atoms with van der Waals surface area (Å²) in [4.78, 5) is 10.3. The molecule has 2 aromatic heterocycles. The van der Waals surface area contributed by atoms with Crippen molar-refractivity contribution in [1.82, 2.24) is 14.5 Å². The Labute approximate surface area is 303 Å². The predicted molar refractivity (Wildman–Crippen MR) is 217 cm³/mol. The molecule has 0 bridgehead atoms. The first-order valence-corrected chi connectivity index (χ1v) is 18.0. The molecule has 0 fully saturated rings. The van der Waals surface area contributed by atoms with E-state index in [1.165, 1.54) is 55.2 Å². The second-order valence-electron chi connectivity index (χ2n) is 13.7. The van der Waals surface area contributed by atoms with Gasteiger partial charge in [0.25, 0.3) is 0 Å². The quantitative estimate of drug-likeness (QED) is 0.187. The molecule has 5 aromatic carbocycles. The van der Waals surface area contributed by atoms with Crippen LogP contribution in [0.3, 0.4) is 0 Å². The summed E-state index contributed by atoms with van der Waals surface area (Å²) in [5.41, 5.74) is 15.2. The summed E-state index contributed by atoms with van der Waals surface area (Å²) in [5, 5.41) is 2.48. The van der Waals surface area contributed by atoms with E-state index < -0.39 is 5.41 Å². The fraction of sp³-hybridized carbons (Fsp3) is 0.0612.